The second kappa shape index (κ2) is 3.46. The summed E-state index contributed by atoms with van der Waals surface area (Å²) in [6.45, 7) is 3.12. The summed E-state index contributed by atoms with van der Waals surface area (Å²) in [6.07, 6.45) is 0. The first-order valence-corrected chi connectivity index (χ1v) is 6.75. The van der Waals surface area contributed by atoms with Crippen LogP contribution < -0.4 is 5.32 Å². The molecule has 1 amide bonds. The third kappa shape index (κ3) is 1.88. The van der Waals surface area contributed by atoms with Crippen LogP contribution in [-0.4, -0.2) is 25.2 Å². The number of sulfone groups is 1. The molecule has 1 aliphatic heterocycles. The van der Waals surface area contributed by atoms with Crippen LogP contribution in [0.2, 0.25) is 0 Å². The molecule has 6 heteroatoms. The third-order valence-electron chi connectivity index (χ3n) is 2.72. The molecule has 0 saturated heterocycles. The number of aromatic hydroxyl groups is 1. The maximum Gasteiger partial charge on any atom is 0.231 e. The molecule has 0 atom stereocenters. The second-order valence-corrected chi connectivity index (χ2v) is 6.68. The Morgan fingerprint density at radius 2 is 2.00 bits per heavy atom. The van der Waals surface area contributed by atoms with E-state index in [-0.39, 0.29) is 28.0 Å². The third-order valence-corrected chi connectivity index (χ3v) is 4.87. The molecule has 2 N–H and O–H groups in total. The lowest BCUT2D eigenvalue weighted by Crippen LogP contribution is -2.34. The van der Waals surface area contributed by atoms with E-state index in [1.54, 1.807) is 13.8 Å². The molecule has 0 radical (unpaired) electrons. The number of benzene rings is 1. The molecule has 0 saturated carbocycles. The van der Waals surface area contributed by atoms with Gasteiger partial charge in [-0.1, -0.05) is 19.9 Å². The van der Waals surface area contributed by atoms with Crippen molar-refractivity contribution in [2.75, 3.05) is 11.1 Å². The van der Waals surface area contributed by atoms with Crippen LogP contribution in [0, 0.1) is 5.41 Å². The highest BCUT2D eigenvalue weighted by Gasteiger charge is 2.40. The van der Waals surface area contributed by atoms with E-state index in [1.165, 1.54) is 18.2 Å². The van der Waals surface area contributed by atoms with E-state index in [0.717, 1.165) is 0 Å². The minimum Gasteiger partial charge on any atom is -0.507 e. The molecule has 5 nitrogen and oxygen atoms in total. The fourth-order valence-electron chi connectivity index (χ4n) is 1.85. The number of hydrogen-bond donors (Lipinski definition) is 2. The van der Waals surface area contributed by atoms with Gasteiger partial charge < -0.3 is 10.4 Å². The van der Waals surface area contributed by atoms with E-state index in [2.05, 4.69) is 5.32 Å². The lowest BCUT2D eigenvalue weighted by atomic mass is 9.95. The monoisotopic (exact) mass is 255 g/mol. The number of hydrogen-bond acceptors (Lipinski definition) is 4. The van der Waals surface area contributed by atoms with Crippen molar-refractivity contribution in [1.82, 2.24) is 0 Å². The van der Waals surface area contributed by atoms with Crippen LogP contribution in [0.5, 0.6) is 5.75 Å². The normalized spacial score (nSPS) is 21.2. The SMILES string of the molecule is CC1(C)CS(=O)(=O)c2c(O)cccc2NC1=O. The van der Waals surface area contributed by atoms with Gasteiger partial charge in [-0.2, -0.15) is 0 Å². The van der Waals surface area contributed by atoms with Gasteiger partial charge in [-0.15, -0.1) is 0 Å². The van der Waals surface area contributed by atoms with Crippen molar-refractivity contribution < 1.29 is 18.3 Å². The minimum absolute atomic E-state index is 0.139. The Bertz CT molecular complexity index is 589. The molecule has 2 rings (SSSR count). The number of nitrogens with one attached hydrogen (secondary N) is 1. The van der Waals surface area contributed by atoms with E-state index in [1.807, 2.05) is 0 Å². The summed E-state index contributed by atoms with van der Waals surface area (Å²) in [5.74, 6) is -1.03. The largest absolute Gasteiger partial charge is 0.507 e. The van der Waals surface area contributed by atoms with Crippen LogP contribution in [-0.2, 0) is 14.6 Å². The lowest BCUT2D eigenvalue weighted by molar-refractivity contribution is -0.122. The maximum atomic E-state index is 12.1. The summed E-state index contributed by atoms with van der Waals surface area (Å²) in [4.78, 5) is 11.6. The molecule has 1 aromatic carbocycles. The number of fused-ring (bicyclic) bond motifs is 1. The Balaban J connectivity index is 2.73. The van der Waals surface area contributed by atoms with Gasteiger partial charge >= 0.3 is 0 Å². The van der Waals surface area contributed by atoms with Gasteiger partial charge in [0, 0.05) is 0 Å². The fourth-order valence-corrected chi connectivity index (χ4v) is 3.92. The molecule has 1 heterocycles. The summed E-state index contributed by atoms with van der Waals surface area (Å²) in [5.41, 5.74) is -0.884. The number of phenolic OH excluding ortho intramolecular Hbond substituents is 1. The van der Waals surface area contributed by atoms with E-state index >= 15 is 0 Å². The highest BCUT2D eigenvalue weighted by Crippen LogP contribution is 2.37. The Morgan fingerprint density at radius 3 is 2.65 bits per heavy atom. The zero-order chi connectivity index (χ0) is 12.8. The molecule has 0 bridgehead atoms. The molecule has 92 valence electrons. The first-order valence-electron chi connectivity index (χ1n) is 5.10. The predicted octanol–water partition coefficient (Wildman–Crippen LogP) is 1.14. The molecule has 0 aromatic heterocycles. The Labute approximate surface area is 99.4 Å². The molecule has 17 heavy (non-hydrogen) atoms. The number of anilines is 1. The lowest BCUT2D eigenvalue weighted by Gasteiger charge is -2.18. The van der Waals surface area contributed by atoms with Gasteiger partial charge in [0.15, 0.2) is 9.84 Å². The molecule has 1 aromatic rings. The molecule has 0 spiro atoms. The quantitative estimate of drug-likeness (QED) is 0.728. The molecular weight excluding hydrogens is 242 g/mol. The molecule has 1 aliphatic rings. The summed E-state index contributed by atoms with van der Waals surface area (Å²) in [6, 6.07) is 4.25. The number of amides is 1. The zero-order valence-electron chi connectivity index (χ0n) is 9.52. The van der Waals surface area contributed by atoms with Gasteiger partial charge in [0.25, 0.3) is 0 Å². The van der Waals surface area contributed by atoms with E-state index < -0.39 is 15.3 Å². The van der Waals surface area contributed by atoms with E-state index in [4.69, 9.17) is 0 Å². The second-order valence-electron chi connectivity index (χ2n) is 4.75. The van der Waals surface area contributed by atoms with Crippen molar-refractivity contribution in [2.45, 2.75) is 18.7 Å². The van der Waals surface area contributed by atoms with Crippen molar-refractivity contribution in [1.29, 1.82) is 0 Å². The predicted molar refractivity (Wildman–Crippen MR) is 62.6 cm³/mol. The van der Waals surface area contributed by atoms with Crippen LogP contribution >= 0.6 is 0 Å². The number of carbonyl (C=O) groups is 1. The van der Waals surface area contributed by atoms with Crippen molar-refractivity contribution in [3.05, 3.63) is 18.2 Å². The number of phenols is 1. The van der Waals surface area contributed by atoms with Crippen LogP contribution in [0.15, 0.2) is 23.1 Å². The van der Waals surface area contributed by atoms with Gasteiger partial charge in [0.2, 0.25) is 5.91 Å². The van der Waals surface area contributed by atoms with Gasteiger partial charge in [0.1, 0.15) is 10.6 Å². The highest BCUT2D eigenvalue weighted by atomic mass is 32.2. The zero-order valence-corrected chi connectivity index (χ0v) is 10.3. The molecule has 0 fully saturated rings. The van der Waals surface area contributed by atoms with Gasteiger partial charge in [-0.05, 0) is 12.1 Å². The maximum absolute atomic E-state index is 12.1. The number of rotatable bonds is 0. The van der Waals surface area contributed by atoms with Crippen molar-refractivity contribution in [3.8, 4) is 5.75 Å². The average molecular weight is 255 g/mol. The van der Waals surface area contributed by atoms with Crippen LogP contribution in [0.4, 0.5) is 5.69 Å². The molecular formula is C11H13NO4S. The Hall–Kier alpha value is -1.56. The van der Waals surface area contributed by atoms with E-state index in [0.29, 0.717) is 0 Å². The summed E-state index contributed by atoms with van der Waals surface area (Å²) in [5, 5.41) is 12.2. The summed E-state index contributed by atoms with van der Waals surface area (Å²) in [7, 11) is -3.68. The first kappa shape index (κ1) is 11.9. The first-order chi connectivity index (χ1) is 7.74. The Morgan fingerprint density at radius 1 is 1.35 bits per heavy atom. The minimum atomic E-state index is -3.68. The van der Waals surface area contributed by atoms with Gasteiger partial charge in [0.05, 0.1) is 16.9 Å². The molecule has 0 unspecified atom stereocenters. The van der Waals surface area contributed by atoms with Crippen molar-refractivity contribution in [3.63, 3.8) is 0 Å². The van der Waals surface area contributed by atoms with E-state index in [9.17, 15) is 18.3 Å². The van der Waals surface area contributed by atoms with Gasteiger partial charge in [-0.3, -0.25) is 4.79 Å². The van der Waals surface area contributed by atoms with Crippen LogP contribution in [0.3, 0.4) is 0 Å². The van der Waals surface area contributed by atoms with Gasteiger partial charge in [-0.25, -0.2) is 8.42 Å². The van der Waals surface area contributed by atoms with Crippen LogP contribution in [0.1, 0.15) is 13.8 Å². The fraction of sp³-hybridized carbons (Fsp3) is 0.364. The molecule has 0 aliphatic carbocycles. The standard InChI is InChI=1S/C11H13NO4S/c1-11(2)6-17(15,16)9-7(12-10(11)14)4-3-5-8(9)13/h3-5,13H,6H2,1-2H3,(H,12,14). The Kier molecular flexibility index (Phi) is 2.43. The topological polar surface area (TPSA) is 83.5 Å². The average Bonchev–Trinajstić information content (AvgIpc) is 2.20. The summed E-state index contributed by atoms with van der Waals surface area (Å²) >= 11 is 0. The van der Waals surface area contributed by atoms with Crippen LogP contribution in [0.25, 0.3) is 0 Å². The van der Waals surface area contributed by atoms with Crippen molar-refractivity contribution >= 4 is 21.4 Å². The smallest absolute Gasteiger partial charge is 0.231 e. The summed E-state index contributed by atoms with van der Waals surface area (Å²) < 4.78 is 24.2. The number of carbonyl (C=O) groups excluding carboxylic acids is 1. The highest BCUT2D eigenvalue weighted by molar-refractivity contribution is 7.91. The van der Waals surface area contributed by atoms with Crippen molar-refractivity contribution in [2.24, 2.45) is 5.41 Å².